The Hall–Kier alpha value is -3.93. The zero-order valence-electron chi connectivity index (χ0n) is 13.2. The minimum atomic E-state index is -1.22. The van der Waals surface area contributed by atoms with Crippen molar-refractivity contribution in [2.75, 3.05) is 5.32 Å². The number of amides is 1. The molecule has 0 atom stereocenters. The van der Waals surface area contributed by atoms with E-state index >= 15 is 0 Å². The number of hydrogen-bond donors (Lipinski definition) is 3. The van der Waals surface area contributed by atoms with E-state index in [1.165, 1.54) is 18.2 Å². The minimum absolute atomic E-state index is 0.0971. The first-order valence-corrected chi connectivity index (χ1v) is 7.48. The molecule has 0 aliphatic carbocycles. The molecular weight excluding hydrogens is 380 g/mol. The second kappa shape index (κ2) is 7.97. The van der Waals surface area contributed by atoms with Gasteiger partial charge in [0.2, 0.25) is 0 Å². The number of nitro groups is 2. The average molecular weight is 390 g/mol. The number of anilines is 1. The van der Waals surface area contributed by atoms with Gasteiger partial charge in [-0.25, -0.2) is 4.79 Å². The zero-order chi connectivity index (χ0) is 20.1. The quantitative estimate of drug-likeness (QED) is 0.394. The van der Waals surface area contributed by atoms with Gasteiger partial charge in [0.15, 0.2) is 5.11 Å². The first-order chi connectivity index (χ1) is 12.7. The van der Waals surface area contributed by atoms with Gasteiger partial charge in [0.1, 0.15) is 0 Å². The predicted molar refractivity (Wildman–Crippen MR) is 96.8 cm³/mol. The lowest BCUT2D eigenvalue weighted by Gasteiger charge is -2.11. The maximum atomic E-state index is 12.2. The number of carbonyl (C=O) groups is 2. The Kier molecular flexibility index (Phi) is 5.72. The fraction of sp³-hybridized carbons (Fsp3) is 0. The number of hydrogen-bond acceptors (Lipinski definition) is 7. The molecule has 27 heavy (non-hydrogen) atoms. The number of rotatable bonds is 5. The Labute approximate surface area is 155 Å². The maximum absolute atomic E-state index is 12.2. The summed E-state index contributed by atoms with van der Waals surface area (Å²) in [5.41, 5.74) is -1.61. The molecule has 0 fully saturated rings. The molecule has 2 aromatic rings. The van der Waals surface area contributed by atoms with E-state index in [1.807, 2.05) is 0 Å². The van der Waals surface area contributed by atoms with E-state index in [-0.39, 0.29) is 21.9 Å². The van der Waals surface area contributed by atoms with Crippen molar-refractivity contribution in [1.29, 1.82) is 0 Å². The van der Waals surface area contributed by atoms with Crippen molar-refractivity contribution in [2.24, 2.45) is 0 Å². The lowest BCUT2D eigenvalue weighted by Crippen LogP contribution is -2.34. The number of carboxylic acid groups (broad SMARTS) is 1. The molecule has 0 heterocycles. The molecule has 0 aliphatic heterocycles. The second-order valence-electron chi connectivity index (χ2n) is 5.01. The monoisotopic (exact) mass is 390 g/mol. The highest BCUT2D eigenvalue weighted by molar-refractivity contribution is 7.80. The third-order valence-corrected chi connectivity index (χ3v) is 3.42. The number of non-ortho nitro benzene ring substituents is 2. The molecule has 0 radical (unpaired) electrons. The van der Waals surface area contributed by atoms with Gasteiger partial charge in [0, 0.05) is 12.1 Å². The van der Waals surface area contributed by atoms with Crippen LogP contribution in [0.5, 0.6) is 0 Å². The molecule has 1 amide bonds. The van der Waals surface area contributed by atoms with E-state index in [0.717, 1.165) is 18.2 Å². The van der Waals surface area contributed by atoms with E-state index < -0.39 is 33.1 Å². The van der Waals surface area contributed by atoms with Crippen molar-refractivity contribution in [2.45, 2.75) is 0 Å². The zero-order valence-corrected chi connectivity index (χ0v) is 14.1. The van der Waals surface area contributed by atoms with E-state index in [1.54, 1.807) is 6.07 Å². The van der Waals surface area contributed by atoms with Crippen LogP contribution in [0.1, 0.15) is 20.7 Å². The number of nitrogens with zero attached hydrogens (tertiary/aromatic N) is 2. The highest BCUT2D eigenvalue weighted by Gasteiger charge is 2.20. The van der Waals surface area contributed by atoms with E-state index in [9.17, 15) is 29.8 Å². The Morgan fingerprint density at radius 2 is 1.56 bits per heavy atom. The Morgan fingerprint density at radius 3 is 2.07 bits per heavy atom. The van der Waals surface area contributed by atoms with E-state index in [0.29, 0.717) is 0 Å². The number of para-hydroxylation sites is 1. The fourth-order valence-electron chi connectivity index (χ4n) is 2.04. The van der Waals surface area contributed by atoms with Crippen LogP contribution in [0, 0.1) is 20.2 Å². The number of benzene rings is 2. The molecule has 0 aromatic heterocycles. The van der Waals surface area contributed by atoms with Gasteiger partial charge in [-0.15, -0.1) is 0 Å². The molecule has 2 rings (SSSR count). The van der Waals surface area contributed by atoms with Gasteiger partial charge < -0.3 is 10.4 Å². The SMILES string of the molecule is O=C(NC(=S)Nc1ccccc1C(=O)O)c1cc([N+](=O)[O-])cc([N+](=O)[O-])c1. The van der Waals surface area contributed by atoms with Crippen molar-refractivity contribution in [3.63, 3.8) is 0 Å². The molecule has 11 nitrogen and oxygen atoms in total. The molecule has 0 unspecified atom stereocenters. The van der Waals surface area contributed by atoms with Crippen molar-refractivity contribution in [3.05, 3.63) is 73.8 Å². The van der Waals surface area contributed by atoms with Crippen LogP contribution in [0.3, 0.4) is 0 Å². The van der Waals surface area contributed by atoms with Crippen molar-refractivity contribution >= 4 is 46.3 Å². The van der Waals surface area contributed by atoms with E-state index in [2.05, 4.69) is 10.6 Å². The maximum Gasteiger partial charge on any atom is 0.337 e. The van der Waals surface area contributed by atoms with Gasteiger partial charge >= 0.3 is 5.97 Å². The average Bonchev–Trinajstić information content (AvgIpc) is 2.61. The second-order valence-corrected chi connectivity index (χ2v) is 5.42. The summed E-state index contributed by atoms with van der Waals surface area (Å²) in [6.45, 7) is 0. The van der Waals surface area contributed by atoms with Crippen molar-refractivity contribution in [1.82, 2.24) is 5.32 Å². The Morgan fingerprint density at radius 1 is 1.00 bits per heavy atom. The number of carbonyl (C=O) groups excluding carboxylic acids is 1. The van der Waals surface area contributed by atoms with Crippen molar-refractivity contribution in [3.8, 4) is 0 Å². The molecule has 0 spiro atoms. The number of aromatic carboxylic acids is 1. The number of carboxylic acids is 1. The lowest BCUT2D eigenvalue weighted by molar-refractivity contribution is -0.394. The number of nitrogens with one attached hydrogen (secondary N) is 2. The van der Waals surface area contributed by atoms with Crippen LogP contribution < -0.4 is 10.6 Å². The summed E-state index contributed by atoms with van der Waals surface area (Å²) in [6.07, 6.45) is 0. The molecule has 12 heteroatoms. The van der Waals surface area contributed by atoms with E-state index in [4.69, 9.17) is 17.3 Å². The van der Waals surface area contributed by atoms with Crippen LogP contribution in [-0.4, -0.2) is 31.9 Å². The molecule has 3 N–H and O–H groups in total. The van der Waals surface area contributed by atoms with Gasteiger partial charge in [0.25, 0.3) is 17.3 Å². The summed E-state index contributed by atoms with van der Waals surface area (Å²) >= 11 is 4.92. The number of nitro benzene ring substituents is 2. The summed E-state index contributed by atoms with van der Waals surface area (Å²) in [5, 5.41) is 35.3. The van der Waals surface area contributed by atoms with Crippen molar-refractivity contribution < 1.29 is 24.5 Å². The molecular formula is C15H10N4O7S. The predicted octanol–water partition coefficient (Wildman–Crippen LogP) is 2.33. The van der Waals surface area contributed by atoms with Gasteiger partial charge in [0.05, 0.1) is 32.7 Å². The largest absolute Gasteiger partial charge is 0.478 e. The number of thiocarbonyl (C=S) groups is 1. The highest BCUT2D eigenvalue weighted by Crippen LogP contribution is 2.22. The van der Waals surface area contributed by atoms with Crippen LogP contribution in [0.25, 0.3) is 0 Å². The fourth-order valence-corrected chi connectivity index (χ4v) is 2.25. The smallest absolute Gasteiger partial charge is 0.337 e. The molecule has 2 aromatic carbocycles. The Balaban J connectivity index is 2.22. The standard InChI is InChI=1S/C15H10N4O7S/c20-13(8-5-9(18(23)24)7-10(6-8)19(25)26)17-15(27)16-12-4-2-1-3-11(12)14(21)22/h1-7H,(H,21,22)(H2,16,17,20,27). The van der Waals surface area contributed by atoms with Crippen LogP contribution in [0.2, 0.25) is 0 Å². The van der Waals surface area contributed by atoms with Gasteiger partial charge in [-0.3, -0.25) is 30.3 Å². The first kappa shape index (κ1) is 19.4. The summed E-state index contributed by atoms with van der Waals surface area (Å²) < 4.78 is 0. The van der Waals surface area contributed by atoms with Gasteiger partial charge in [-0.2, -0.15) is 0 Å². The van der Waals surface area contributed by atoms with Crippen LogP contribution >= 0.6 is 12.2 Å². The molecule has 0 aliphatic rings. The third kappa shape index (κ3) is 4.79. The minimum Gasteiger partial charge on any atom is -0.478 e. The molecule has 138 valence electrons. The topological polar surface area (TPSA) is 165 Å². The highest BCUT2D eigenvalue weighted by atomic mass is 32.1. The lowest BCUT2D eigenvalue weighted by atomic mass is 10.1. The molecule has 0 saturated carbocycles. The van der Waals surface area contributed by atoms with Gasteiger partial charge in [-0.05, 0) is 24.4 Å². The van der Waals surface area contributed by atoms with Gasteiger partial charge in [-0.1, -0.05) is 12.1 Å². The summed E-state index contributed by atoms with van der Waals surface area (Å²) in [5.74, 6) is -2.16. The third-order valence-electron chi connectivity index (χ3n) is 3.22. The Bertz CT molecular complexity index is 944. The first-order valence-electron chi connectivity index (χ1n) is 7.07. The summed E-state index contributed by atoms with van der Waals surface area (Å²) in [6, 6.07) is 8.21. The normalized spacial score (nSPS) is 9.93. The molecule has 0 bridgehead atoms. The van der Waals surface area contributed by atoms with Crippen LogP contribution in [0.15, 0.2) is 42.5 Å². The van der Waals surface area contributed by atoms with Crippen LogP contribution in [0.4, 0.5) is 17.1 Å². The summed E-state index contributed by atoms with van der Waals surface area (Å²) in [4.78, 5) is 43.4. The van der Waals surface area contributed by atoms with Crippen LogP contribution in [-0.2, 0) is 0 Å². The summed E-state index contributed by atoms with van der Waals surface area (Å²) in [7, 11) is 0. The molecule has 0 saturated heterocycles.